The second-order valence-electron chi connectivity index (χ2n) is 3.50. The first-order chi connectivity index (χ1) is 7.77. The van der Waals surface area contributed by atoms with Gasteiger partial charge in [0.2, 0.25) is 0 Å². The molecule has 0 saturated carbocycles. The van der Waals surface area contributed by atoms with Crippen LogP contribution in [0.4, 0.5) is 5.82 Å². The molecule has 3 nitrogen and oxygen atoms in total. The van der Waals surface area contributed by atoms with Gasteiger partial charge in [0.15, 0.2) is 0 Å². The number of nitrogens with zero attached hydrogens (tertiary/aromatic N) is 2. The van der Waals surface area contributed by atoms with Gasteiger partial charge in [-0.15, -0.1) is 0 Å². The summed E-state index contributed by atoms with van der Waals surface area (Å²) >= 11 is 2.23. The Bertz CT molecular complexity index is 459. The Hall–Kier alpha value is -1.17. The monoisotopic (exact) mass is 325 g/mol. The van der Waals surface area contributed by atoms with Crippen LogP contribution in [0.5, 0.6) is 0 Å². The van der Waals surface area contributed by atoms with Crippen LogP contribution in [0.1, 0.15) is 18.5 Å². The Morgan fingerprint density at radius 2 is 2.00 bits per heavy atom. The highest BCUT2D eigenvalue weighted by Gasteiger charge is 2.07. The molecule has 0 aliphatic heterocycles. The Labute approximate surface area is 108 Å². The van der Waals surface area contributed by atoms with Crippen molar-refractivity contribution in [3.05, 3.63) is 52.0 Å². The van der Waals surface area contributed by atoms with Crippen molar-refractivity contribution in [2.24, 2.45) is 0 Å². The van der Waals surface area contributed by atoms with Gasteiger partial charge in [0, 0.05) is 12.2 Å². The minimum Gasteiger partial charge on any atom is -0.363 e. The van der Waals surface area contributed by atoms with Crippen molar-refractivity contribution in [3.63, 3.8) is 0 Å². The fraction of sp³-hybridized carbons (Fsp3) is 0.167. The predicted octanol–water partition coefficient (Wildman–Crippen LogP) is 3.25. The van der Waals surface area contributed by atoms with Gasteiger partial charge in [-0.05, 0) is 35.1 Å². The number of hydrogen-bond donors (Lipinski definition) is 1. The van der Waals surface area contributed by atoms with Crippen LogP contribution in [-0.2, 0) is 0 Å². The Morgan fingerprint density at radius 3 is 2.69 bits per heavy atom. The summed E-state index contributed by atoms with van der Waals surface area (Å²) in [7, 11) is 0. The van der Waals surface area contributed by atoms with Crippen LogP contribution in [0.15, 0.2) is 42.9 Å². The first kappa shape index (κ1) is 11.3. The minimum atomic E-state index is 0.240. The zero-order chi connectivity index (χ0) is 11.4. The molecule has 1 N–H and O–H groups in total. The molecule has 0 spiro atoms. The van der Waals surface area contributed by atoms with Crippen LogP contribution in [0.25, 0.3) is 0 Å². The Morgan fingerprint density at radius 1 is 1.25 bits per heavy atom. The maximum absolute atomic E-state index is 4.21. The summed E-state index contributed by atoms with van der Waals surface area (Å²) in [5.41, 5.74) is 1.25. The molecule has 0 saturated heterocycles. The molecule has 1 atom stereocenters. The molecular weight excluding hydrogens is 313 g/mol. The van der Waals surface area contributed by atoms with Gasteiger partial charge >= 0.3 is 0 Å². The van der Waals surface area contributed by atoms with E-state index in [4.69, 9.17) is 0 Å². The third kappa shape index (κ3) is 2.69. The third-order valence-electron chi connectivity index (χ3n) is 2.32. The van der Waals surface area contributed by atoms with Crippen LogP contribution < -0.4 is 5.32 Å². The van der Waals surface area contributed by atoms with Gasteiger partial charge < -0.3 is 5.32 Å². The quantitative estimate of drug-likeness (QED) is 0.881. The maximum Gasteiger partial charge on any atom is 0.143 e. The summed E-state index contributed by atoms with van der Waals surface area (Å²) in [4.78, 5) is 8.18. The zero-order valence-corrected chi connectivity index (χ0v) is 11.0. The molecule has 82 valence electrons. The first-order valence-corrected chi connectivity index (χ1v) is 6.12. The van der Waals surface area contributed by atoms with Crippen molar-refractivity contribution in [1.82, 2.24) is 9.97 Å². The van der Waals surface area contributed by atoms with Gasteiger partial charge in [-0.2, -0.15) is 0 Å². The number of rotatable bonds is 3. The van der Waals surface area contributed by atoms with Crippen LogP contribution >= 0.6 is 22.6 Å². The molecule has 1 aromatic heterocycles. The summed E-state index contributed by atoms with van der Waals surface area (Å²) in [5, 5.41) is 3.37. The lowest BCUT2D eigenvalue weighted by Gasteiger charge is -2.15. The number of halogens is 1. The lowest BCUT2D eigenvalue weighted by molar-refractivity contribution is 0.869. The van der Waals surface area contributed by atoms with E-state index < -0.39 is 0 Å². The largest absolute Gasteiger partial charge is 0.363 e. The van der Waals surface area contributed by atoms with Gasteiger partial charge in [0.1, 0.15) is 12.1 Å². The van der Waals surface area contributed by atoms with Crippen LogP contribution in [0.2, 0.25) is 0 Å². The molecule has 0 aliphatic carbocycles. The van der Waals surface area contributed by atoms with Crippen molar-refractivity contribution in [3.8, 4) is 0 Å². The van der Waals surface area contributed by atoms with Crippen LogP contribution in [-0.4, -0.2) is 9.97 Å². The lowest BCUT2D eigenvalue weighted by Crippen LogP contribution is -2.09. The van der Waals surface area contributed by atoms with E-state index in [-0.39, 0.29) is 6.04 Å². The van der Waals surface area contributed by atoms with E-state index in [1.165, 1.54) is 5.56 Å². The summed E-state index contributed by atoms with van der Waals surface area (Å²) in [6.45, 7) is 2.12. The van der Waals surface area contributed by atoms with Crippen molar-refractivity contribution in [1.29, 1.82) is 0 Å². The summed E-state index contributed by atoms with van der Waals surface area (Å²) in [5.74, 6) is 0.881. The summed E-state index contributed by atoms with van der Waals surface area (Å²) in [6.07, 6.45) is 3.36. The molecule has 1 aromatic carbocycles. The van der Waals surface area contributed by atoms with Gasteiger partial charge in [-0.1, -0.05) is 30.3 Å². The highest BCUT2D eigenvalue weighted by molar-refractivity contribution is 14.1. The van der Waals surface area contributed by atoms with E-state index in [2.05, 4.69) is 56.9 Å². The molecule has 1 unspecified atom stereocenters. The van der Waals surface area contributed by atoms with E-state index in [0.717, 1.165) is 9.39 Å². The van der Waals surface area contributed by atoms with Gasteiger partial charge in [-0.25, -0.2) is 9.97 Å². The topological polar surface area (TPSA) is 37.8 Å². The first-order valence-electron chi connectivity index (χ1n) is 5.04. The second kappa shape index (κ2) is 5.25. The van der Waals surface area contributed by atoms with Gasteiger partial charge in [0.05, 0.1) is 3.57 Å². The van der Waals surface area contributed by atoms with Gasteiger partial charge in [0.25, 0.3) is 0 Å². The van der Waals surface area contributed by atoms with E-state index in [0.29, 0.717) is 0 Å². The Kier molecular flexibility index (Phi) is 3.71. The standard InChI is InChI=1S/C12H12IN3/c1-9(10-5-3-2-4-6-10)16-12-11(13)7-14-8-15-12/h2-9H,1H3,(H,14,15,16). The highest BCUT2D eigenvalue weighted by Crippen LogP contribution is 2.20. The number of benzene rings is 1. The number of aromatic nitrogens is 2. The predicted molar refractivity (Wildman–Crippen MR) is 73.2 cm³/mol. The fourth-order valence-corrected chi connectivity index (χ4v) is 1.90. The summed E-state index contributed by atoms with van der Waals surface area (Å²) < 4.78 is 1.03. The van der Waals surface area contributed by atoms with Crippen molar-refractivity contribution >= 4 is 28.4 Å². The Balaban J connectivity index is 2.14. The molecule has 16 heavy (non-hydrogen) atoms. The van der Waals surface area contributed by atoms with Crippen molar-refractivity contribution in [2.75, 3.05) is 5.32 Å². The third-order valence-corrected chi connectivity index (χ3v) is 3.11. The maximum atomic E-state index is 4.21. The lowest BCUT2D eigenvalue weighted by atomic mass is 10.1. The average Bonchev–Trinajstić information content (AvgIpc) is 2.33. The molecule has 0 aliphatic rings. The number of nitrogens with one attached hydrogen (secondary N) is 1. The van der Waals surface area contributed by atoms with Crippen LogP contribution in [0, 0.1) is 3.57 Å². The highest BCUT2D eigenvalue weighted by atomic mass is 127. The second-order valence-corrected chi connectivity index (χ2v) is 4.66. The van der Waals surface area contributed by atoms with E-state index in [9.17, 15) is 0 Å². The number of hydrogen-bond acceptors (Lipinski definition) is 3. The van der Waals surface area contributed by atoms with E-state index in [1.54, 1.807) is 12.5 Å². The molecule has 0 radical (unpaired) electrons. The molecule has 0 bridgehead atoms. The number of anilines is 1. The molecule has 0 fully saturated rings. The van der Waals surface area contributed by atoms with E-state index >= 15 is 0 Å². The SMILES string of the molecule is CC(Nc1ncncc1I)c1ccccc1. The average molecular weight is 325 g/mol. The molecule has 4 heteroatoms. The molecule has 2 rings (SSSR count). The fourth-order valence-electron chi connectivity index (χ4n) is 1.45. The smallest absolute Gasteiger partial charge is 0.143 e. The van der Waals surface area contributed by atoms with Crippen molar-refractivity contribution in [2.45, 2.75) is 13.0 Å². The zero-order valence-electron chi connectivity index (χ0n) is 8.89. The van der Waals surface area contributed by atoms with Crippen LogP contribution in [0.3, 0.4) is 0 Å². The van der Waals surface area contributed by atoms with Gasteiger partial charge in [-0.3, -0.25) is 0 Å². The minimum absolute atomic E-state index is 0.240. The van der Waals surface area contributed by atoms with E-state index in [1.807, 2.05) is 18.2 Å². The molecule has 0 amide bonds. The van der Waals surface area contributed by atoms with Crippen molar-refractivity contribution < 1.29 is 0 Å². The molecular formula is C12H12IN3. The normalized spacial score (nSPS) is 12.1. The molecule has 1 heterocycles. The summed E-state index contributed by atoms with van der Waals surface area (Å²) in [6, 6.07) is 10.5. The molecule has 2 aromatic rings.